The number of halogens is 2. The number of rotatable bonds is 1. The molecule has 0 radical (unpaired) electrons. The van der Waals surface area contributed by atoms with Crippen molar-refractivity contribution in [1.29, 1.82) is 0 Å². The fourth-order valence-electron chi connectivity index (χ4n) is 2.89. The number of pyridine rings is 1. The van der Waals surface area contributed by atoms with Crippen molar-refractivity contribution in [2.24, 2.45) is 4.99 Å². The Morgan fingerprint density at radius 2 is 2.14 bits per heavy atom. The van der Waals surface area contributed by atoms with Crippen LogP contribution in [0, 0.1) is 11.6 Å². The molecular formula is C14H6F2N2O3S. The molecule has 0 atom stereocenters. The fraction of sp³-hybridized carbons (Fsp3) is 0.0714. The number of nitrogens with zero attached hydrogens (tertiary/aromatic N) is 2. The van der Waals surface area contributed by atoms with Gasteiger partial charge in [0.25, 0.3) is 0 Å². The maximum Gasteiger partial charge on any atom is 0.342 e. The second kappa shape index (κ2) is 3.98. The van der Waals surface area contributed by atoms with Crippen molar-refractivity contribution >= 4 is 43.9 Å². The third-order valence-corrected chi connectivity index (χ3v) is 4.70. The molecule has 3 heterocycles. The van der Waals surface area contributed by atoms with Crippen LogP contribution in [-0.4, -0.2) is 22.5 Å². The van der Waals surface area contributed by atoms with E-state index in [9.17, 15) is 23.5 Å². The molecule has 0 aliphatic heterocycles. The van der Waals surface area contributed by atoms with Gasteiger partial charge in [0.05, 0.1) is 27.2 Å². The summed E-state index contributed by atoms with van der Waals surface area (Å²) in [4.78, 5) is 28.0. The van der Waals surface area contributed by atoms with Gasteiger partial charge in [0.2, 0.25) is 5.43 Å². The van der Waals surface area contributed by atoms with Crippen molar-refractivity contribution in [2.45, 2.75) is 0 Å². The van der Waals surface area contributed by atoms with Crippen LogP contribution in [0.5, 0.6) is 0 Å². The van der Waals surface area contributed by atoms with E-state index in [2.05, 4.69) is 4.99 Å². The average Bonchev–Trinajstić information content (AvgIpc) is 3.01. The van der Waals surface area contributed by atoms with Gasteiger partial charge >= 0.3 is 5.97 Å². The molecule has 22 heavy (non-hydrogen) atoms. The zero-order valence-electron chi connectivity index (χ0n) is 11.0. The van der Waals surface area contributed by atoms with Crippen molar-refractivity contribution in [2.75, 3.05) is 7.05 Å². The number of thiazole rings is 1. The third-order valence-electron chi connectivity index (χ3n) is 3.74. The lowest BCUT2D eigenvalue weighted by Crippen LogP contribution is -2.17. The van der Waals surface area contributed by atoms with E-state index < -0.39 is 28.6 Å². The van der Waals surface area contributed by atoms with Crippen LogP contribution in [0.1, 0.15) is 10.4 Å². The molecule has 1 aromatic carbocycles. The Morgan fingerprint density at radius 3 is 2.77 bits per heavy atom. The van der Waals surface area contributed by atoms with Crippen molar-refractivity contribution < 1.29 is 18.7 Å². The molecule has 0 amide bonds. The van der Waals surface area contributed by atoms with Crippen LogP contribution in [-0.2, 0) is 0 Å². The molecule has 0 fully saturated rings. The lowest BCUT2D eigenvalue weighted by atomic mass is 10.1. The minimum atomic E-state index is -1.40. The average molecular weight is 320 g/mol. The lowest BCUT2D eigenvalue weighted by Gasteiger charge is -2.05. The molecule has 4 aromatic rings. The normalized spacial score (nSPS) is 13.1. The highest BCUT2D eigenvalue weighted by Gasteiger charge is 2.27. The van der Waals surface area contributed by atoms with Crippen LogP contribution in [0.25, 0.3) is 26.6 Å². The minimum Gasteiger partial charge on any atom is -0.477 e. The molecule has 1 N–H and O–H groups in total. The summed E-state index contributed by atoms with van der Waals surface area (Å²) in [7, 11) is 1.43. The van der Waals surface area contributed by atoms with Crippen LogP contribution in [0.4, 0.5) is 8.78 Å². The number of carboxylic acids is 1. The summed E-state index contributed by atoms with van der Waals surface area (Å²) in [6.07, 6.45) is 0. The maximum atomic E-state index is 14.2. The first kappa shape index (κ1) is 13.1. The lowest BCUT2D eigenvalue weighted by molar-refractivity contribution is 0.0697. The van der Waals surface area contributed by atoms with Crippen molar-refractivity contribution in [1.82, 2.24) is 4.40 Å². The Balaban J connectivity index is 2.55. The summed E-state index contributed by atoms with van der Waals surface area (Å²) in [5.74, 6) is -3.70. The first-order chi connectivity index (χ1) is 10.5. The van der Waals surface area contributed by atoms with E-state index in [1.165, 1.54) is 11.4 Å². The predicted octanol–water partition coefficient (Wildman–Crippen LogP) is 2.05. The zero-order chi connectivity index (χ0) is 15.8. The number of carboxylic acid groups (broad SMARTS) is 1. The van der Waals surface area contributed by atoms with Crippen LogP contribution >= 0.6 is 11.3 Å². The minimum absolute atomic E-state index is 0.0978. The van der Waals surface area contributed by atoms with Gasteiger partial charge in [0.1, 0.15) is 10.4 Å². The van der Waals surface area contributed by atoms with E-state index in [-0.39, 0.29) is 26.5 Å². The van der Waals surface area contributed by atoms with Gasteiger partial charge in [-0.25, -0.2) is 13.6 Å². The Labute approximate surface area is 124 Å². The van der Waals surface area contributed by atoms with Gasteiger partial charge in [-0.15, -0.1) is 11.3 Å². The van der Waals surface area contributed by atoms with Crippen molar-refractivity contribution in [3.8, 4) is 0 Å². The summed E-state index contributed by atoms with van der Waals surface area (Å²) in [6, 6.07) is 0.745. The molecule has 0 saturated heterocycles. The summed E-state index contributed by atoms with van der Waals surface area (Å²) >= 11 is 1.06. The number of benzene rings is 1. The van der Waals surface area contributed by atoms with E-state index in [4.69, 9.17) is 0 Å². The van der Waals surface area contributed by atoms with E-state index in [1.54, 1.807) is 5.38 Å². The Bertz CT molecular complexity index is 1210. The van der Waals surface area contributed by atoms with Crippen LogP contribution in [0.3, 0.4) is 0 Å². The molecule has 5 nitrogen and oxygen atoms in total. The zero-order valence-corrected chi connectivity index (χ0v) is 11.8. The van der Waals surface area contributed by atoms with E-state index >= 15 is 0 Å². The summed E-state index contributed by atoms with van der Waals surface area (Å²) < 4.78 is 29.5. The van der Waals surface area contributed by atoms with Gasteiger partial charge in [-0.1, -0.05) is 0 Å². The molecule has 0 unspecified atom stereocenters. The highest BCUT2D eigenvalue weighted by Crippen LogP contribution is 2.31. The van der Waals surface area contributed by atoms with Gasteiger partial charge in [-0.3, -0.25) is 14.2 Å². The van der Waals surface area contributed by atoms with Crippen LogP contribution in [0.15, 0.2) is 21.2 Å². The van der Waals surface area contributed by atoms with Gasteiger partial charge in [0.15, 0.2) is 11.6 Å². The first-order valence-corrected chi connectivity index (χ1v) is 7.04. The van der Waals surface area contributed by atoms with Gasteiger partial charge in [-0.2, -0.15) is 0 Å². The quantitative estimate of drug-likeness (QED) is 0.583. The number of carbonyl (C=O) groups is 1. The number of aromatic nitrogens is 1. The summed E-state index contributed by atoms with van der Waals surface area (Å²) in [6.45, 7) is 0. The van der Waals surface area contributed by atoms with Crippen molar-refractivity contribution in [3.05, 3.63) is 44.2 Å². The van der Waals surface area contributed by atoms with Crippen LogP contribution < -0.4 is 10.8 Å². The van der Waals surface area contributed by atoms with Gasteiger partial charge in [-0.05, 0) is 6.07 Å². The molecule has 8 heteroatoms. The van der Waals surface area contributed by atoms with E-state index in [0.29, 0.717) is 5.52 Å². The SMILES string of the molecule is CN=c1c2c(F)c(F)cc3c(=O)c(C(=O)O)c4scc1n4c32. The topological polar surface area (TPSA) is 71.1 Å². The Hall–Kier alpha value is -2.61. The number of aromatic carboxylic acids is 1. The smallest absolute Gasteiger partial charge is 0.342 e. The molecule has 3 aromatic heterocycles. The molecular weight excluding hydrogens is 314 g/mol. The summed E-state index contributed by atoms with van der Waals surface area (Å²) in [5, 5.41) is 10.8. The van der Waals surface area contributed by atoms with Gasteiger partial charge < -0.3 is 5.11 Å². The molecule has 0 bridgehead atoms. The molecule has 0 aliphatic rings. The Morgan fingerprint density at radius 1 is 1.41 bits per heavy atom. The number of hydrogen-bond acceptors (Lipinski definition) is 4. The second-order valence-corrected chi connectivity index (χ2v) is 5.64. The monoisotopic (exact) mass is 320 g/mol. The standard InChI is InChI=1S/C14H6F2N2O3S/c1-17-10-6-3-22-13-8(14(20)21)12(19)4-2-5(15)9(16)7(10)11(4)18(6)13/h2-3H,1H3,(H,20,21). The first-order valence-electron chi connectivity index (χ1n) is 6.16. The Kier molecular flexibility index (Phi) is 2.37. The molecule has 0 saturated carbocycles. The maximum absolute atomic E-state index is 14.2. The summed E-state index contributed by atoms with van der Waals surface area (Å²) in [5.41, 5.74) is -0.651. The van der Waals surface area contributed by atoms with Gasteiger partial charge in [0, 0.05) is 12.4 Å². The highest BCUT2D eigenvalue weighted by atomic mass is 32.1. The molecule has 110 valence electrons. The molecule has 4 rings (SSSR count). The second-order valence-electron chi connectivity index (χ2n) is 4.79. The largest absolute Gasteiger partial charge is 0.477 e. The van der Waals surface area contributed by atoms with E-state index in [1.807, 2.05) is 0 Å². The van der Waals surface area contributed by atoms with Crippen molar-refractivity contribution in [3.63, 3.8) is 0 Å². The molecule has 0 spiro atoms. The molecule has 0 aliphatic carbocycles. The highest BCUT2D eigenvalue weighted by molar-refractivity contribution is 7.16. The third kappa shape index (κ3) is 1.28. The number of hydrogen-bond donors (Lipinski definition) is 1. The predicted molar refractivity (Wildman–Crippen MR) is 77.3 cm³/mol. The van der Waals surface area contributed by atoms with E-state index in [0.717, 1.165) is 17.4 Å². The fourth-order valence-corrected chi connectivity index (χ4v) is 3.93. The van der Waals surface area contributed by atoms with Crippen LogP contribution in [0.2, 0.25) is 0 Å².